The molecule has 0 bridgehead atoms. The number of carbonyl (C=O) groups excluding carboxylic acids is 2. The van der Waals surface area contributed by atoms with E-state index in [-0.39, 0.29) is 6.42 Å². The fourth-order valence-electron chi connectivity index (χ4n) is 1.38. The largest absolute Gasteiger partial charge is 0.389 e. The van der Waals surface area contributed by atoms with Gasteiger partial charge in [-0.1, -0.05) is 17.7 Å². The SMILES string of the molecule is Cc1ccc2c(c1)C(=O)OC(=O)C2. The molecule has 3 nitrogen and oxygen atoms in total. The van der Waals surface area contributed by atoms with E-state index in [9.17, 15) is 9.59 Å². The first-order chi connectivity index (χ1) is 6.16. The number of hydrogen-bond acceptors (Lipinski definition) is 3. The third-order valence-electron chi connectivity index (χ3n) is 2.03. The number of esters is 2. The van der Waals surface area contributed by atoms with Crippen molar-refractivity contribution in [3.05, 3.63) is 34.9 Å². The van der Waals surface area contributed by atoms with E-state index < -0.39 is 11.9 Å². The van der Waals surface area contributed by atoms with Crippen LogP contribution in [0.2, 0.25) is 0 Å². The highest BCUT2D eigenvalue weighted by atomic mass is 16.6. The Balaban J connectivity index is 2.55. The van der Waals surface area contributed by atoms with Crippen LogP contribution in [0.1, 0.15) is 21.5 Å². The van der Waals surface area contributed by atoms with Crippen molar-refractivity contribution in [3.63, 3.8) is 0 Å². The van der Waals surface area contributed by atoms with Gasteiger partial charge in [0.2, 0.25) is 0 Å². The van der Waals surface area contributed by atoms with Crippen molar-refractivity contribution >= 4 is 11.9 Å². The lowest BCUT2D eigenvalue weighted by atomic mass is 10.0. The molecule has 0 amide bonds. The van der Waals surface area contributed by atoms with Gasteiger partial charge in [0.25, 0.3) is 0 Å². The van der Waals surface area contributed by atoms with Crippen LogP contribution in [0, 0.1) is 6.92 Å². The summed E-state index contributed by atoms with van der Waals surface area (Å²) < 4.78 is 4.49. The molecule has 0 unspecified atom stereocenters. The second-order valence-electron chi connectivity index (χ2n) is 3.10. The first-order valence-corrected chi connectivity index (χ1v) is 4.01. The molecule has 2 rings (SSSR count). The van der Waals surface area contributed by atoms with Crippen LogP contribution in [-0.4, -0.2) is 11.9 Å². The maximum absolute atomic E-state index is 11.2. The topological polar surface area (TPSA) is 43.4 Å². The zero-order valence-corrected chi connectivity index (χ0v) is 7.16. The number of ether oxygens (including phenoxy) is 1. The molecule has 1 aromatic carbocycles. The number of hydrogen-bond donors (Lipinski definition) is 0. The summed E-state index contributed by atoms with van der Waals surface area (Å²) >= 11 is 0. The number of benzene rings is 1. The van der Waals surface area contributed by atoms with Crippen molar-refractivity contribution in [3.8, 4) is 0 Å². The molecule has 1 aromatic rings. The Hall–Kier alpha value is -1.64. The molecular weight excluding hydrogens is 168 g/mol. The van der Waals surface area contributed by atoms with Gasteiger partial charge in [0.05, 0.1) is 12.0 Å². The van der Waals surface area contributed by atoms with Crippen molar-refractivity contribution in [2.24, 2.45) is 0 Å². The molecule has 0 radical (unpaired) electrons. The van der Waals surface area contributed by atoms with Crippen molar-refractivity contribution in [1.82, 2.24) is 0 Å². The van der Waals surface area contributed by atoms with E-state index in [0.717, 1.165) is 11.1 Å². The highest BCUT2D eigenvalue weighted by molar-refractivity contribution is 6.02. The van der Waals surface area contributed by atoms with Gasteiger partial charge in [-0.3, -0.25) is 4.79 Å². The predicted molar refractivity (Wildman–Crippen MR) is 45.3 cm³/mol. The summed E-state index contributed by atoms with van der Waals surface area (Å²) in [5, 5.41) is 0. The Kier molecular flexibility index (Phi) is 1.65. The van der Waals surface area contributed by atoms with Crippen LogP contribution in [0.15, 0.2) is 18.2 Å². The summed E-state index contributed by atoms with van der Waals surface area (Å²) in [6.45, 7) is 1.89. The molecule has 0 fully saturated rings. The monoisotopic (exact) mass is 176 g/mol. The fraction of sp³-hybridized carbons (Fsp3) is 0.200. The van der Waals surface area contributed by atoms with E-state index in [1.807, 2.05) is 13.0 Å². The van der Waals surface area contributed by atoms with E-state index >= 15 is 0 Å². The van der Waals surface area contributed by atoms with Crippen LogP contribution >= 0.6 is 0 Å². The molecule has 0 saturated carbocycles. The molecule has 1 aliphatic heterocycles. The summed E-state index contributed by atoms with van der Waals surface area (Å²) in [7, 11) is 0. The van der Waals surface area contributed by atoms with E-state index in [4.69, 9.17) is 0 Å². The smallest absolute Gasteiger partial charge is 0.346 e. The fourth-order valence-corrected chi connectivity index (χ4v) is 1.38. The van der Waals surface area contributed by atoms with Gasteiger partial charge in [-0.15, -0.1) is 0 Å². The summed E-state index contributed by atoms with van der Waals surface area (Å²) in [6, 6.07) is 5.41. The maximum Gasteiger partial charge on any atom is 0.346 e. The first kappa shape index (κ1) is 7.98. The standard InChI is InChI=1S/C10H8O3/c1-6-2-3-7-5-9(11)13-10(12)8(7)4-6/h2-4H,5H2,1H3. The number of cyclic esters (lactones) is 2. The molecular formula is C10H8O3. The predicted octanol–water partition coefficient (Wildman–Crippen LogP) is 1.23. The molecule has 0 N–H and O–H groups in total. The lowest BCUT2D eigenvalue weighted by Gasteiger charge is -2.13. The molecule has 13 heavy (non-hydrogen) atoms. The second-order valence-corrected chi connectivity index (χ2v) is 3.10. The van der Waals surface area contributed by atoms with Crippen LogP contribution in [0.3, 0.4) is 0 Å². The van der Waals surface area contributed by atoms with E-state index in [2.05, 4.69) is 4.74 Å². The zero-order chi connectivity index (χ0) is 9.42. The van der Waals surface area contributed by atoms with E-state index in [0.29, 0.717) is 5.56 Å². The van der Waals surface area contributed by atoms with Gasteiger partial charge in [-0.2, -0.15) is 0 Å². The number of fused-ring (bicyclic) bond motifs is 1. The van der Waals surface area contributed by atoms with E-state index in [1.54, 1.807) is 12.1 Å². The van der Waals surface area contributed by atoms with Crippen molar-refractivity contribution in [1.29, 1.82) is 0 Å². The minimum absolute atomic E-state index is 0.196. The number of aryl methyl sites for hydroxylation is 1. The Morgan fingerprint density at radius 3 is 2.85 bits per heavy atom. The Bertz CT molecular complexity index is 393. The maximum atomic E-state index is 11.2. The first-order valence-electron chi connectivity index (χ1n) is 4.01. The second kappa shape index (κ2) is 2.69. The van der Waals surface area contributed by atoms with Gasteiger partial charge < -0.3 is 4.74 Å². The minimum atomic E-state index is -0.532. The molecule has 1 heterocycles. The van der Waals surface area contributed by atoms with Crippen LogP contribution in [0.25, 0.3) is 0 Å². The normalized spacial score (nSPS) is 15.2. The number of carbonyl (C=O) groups is 2. The van der Waals surface area contributed by atoms with Gasteiger partial charge in [-0.25, -0.2) is 4.79 Å². The Labute approximate surface area is 75.3 Å². The van der Waals surface area contributed by atoms with Crippen molar-refractivity contribution in [2.45, 2.75) is 13.3 Å². The molecule has 0 aliphatic carbocycles. The molecule has 0 spiro atoms. The van der Waals surface area contributed by atoms with Gasteiger partial charge in [0, 0.05) is 0 Å². The summed E-state index contributed by atoms with van der Waals surface area (Å²) in [5.74, 6) is -1.00. The van der Waals surface area contributed by atoms with Gasteiger partial charge in [0.1, 0.15) is 0 Å². The zero-order valence-electron chi connectivity index (χ0n) is 7.16. The van der Waals surface area contributed by atoms with Gasteiger partial charge in [-0.05, 0) is 18.6 Å². The van der Waals surface area contributed by atoms with Crippen molar-refractivity contribution in [2.75, 3.05) is 0 Å². The van der Waals surface area contributed by atoms with Crippen LogP contribution in [-0.2, 0) is 16.0 Å². The minimum Gasteiger partial charge on any atom is -0.389 e. The summed E-state index contributed by atoms with van der Waals surface area (Å²) in [4.78, 5) is 22.1. The molecule has 0 aromatic heterocycles. The highest BCUT2D eigenvalue weighted by Crippen LogP contribution is 2.18. The molecule has 0 saturated heterocycles. The van der Waals surface area contributed by atoms with Crippen LogP contribution < -0.4 is 0 Å². The number of rotatable bonds is 0. The molecule has 1 aliphatic rings. The molecule has 66 valence electrons. The third-order valence-corrected chi connectivity index (χ3v) is 2.03. The lowest BCUT2D eigenvalue weighted by molar-refractivity contribution is -0.137. The lowest BCUT2D eigenvalue weighted by Crippen LogP contribution is -2.22. The molecule has 0 atom stereocenters. The van der Waals surface area contributed by atoms with Crippen LogP contribution in [0.5, 0.6) is 0 Å². The Morgan fingerprint density at radius 1 is 1.31 bits per heavy atom. The van der Waals surface area contributed by atoms with E-state index in [1.165, 1.54) is 0 Å². The van der Waals surface area contributed by atoms with Gasteiger partial charge >= 0.3 is 11.9 Å². The van der Waals surface area contributed by atoms with Crippen LogP contribution in [0.4, 0.5) is 0 Å². The average molecular weight is 176 g/mol. The quantitative estimate of drug-likeness (QED) is 0.441. The average Bonchev–Trinajstić information content (AvgIpc) is 2.06. The molecule has 3 heteroatoms. The Morgan fingerprint density at radius 2 is 2.08 bits per heavy atom. The van der Waals surface area contributed by atoms with Gasteiger partial charge in [0.15, 0.2) is 0 Å². The highest BCUT2D eigenvalue weighted by Gasteiger charge is 2.24. The summed E-state index contributed by atoms with van der Waals surface area (Å²) in [6.07, 6.45) is 0.196. The third kappa shape index (κ3) is 1.33. The summed E-state index contributed by atoms with van der Waals surface area (Å²) in [5.41, 5.74) is 2.26. The van der Waals surface area contributed by atoms with Crippen molar-refractivity contribution < 1.29 is 14.3 Å².